The highest BCUT2D eigenvalue weighted by Crippen LogP contribution is 1.93. The summed E-state index contributed by atoms with van der Waals surface area (Å²) >= 11 is 0. The van der Waals surface area contributed by atoms with Crippen molar-refractivity contribution < 1.29 is 14.9 Å². The van der Waals surface area contributed by atoms with E-state index in [1.807, 2.05) is 13.0 Å². The molecule has 0 radical (unpaired) electrons. The van der Waals surface area contributed by atoms with Crippen LogP contribution in [-0.2, 0) is 4.74 Å². The molecule has 0 rings (SSSR count). The molecule has 0 aromatic carbocycles. The van der Waals surface area contributed by atoms with Gasteiger partial charge < -0.3 is 14.9 Å². The van der Waals surface area contributed by atoms with Crippen LogP contribution >= 0.6 is 0 Å². The fraction of sp³-hybridized carbons (Fsp3) is 0.714. The van der Waals surface area contributed by atoms with Crippen LogP contribution < -0.4 is 0 Å². The molecule has 2 atom stereocenters. The van der Waals surface area contributed by atoms with Gasteiger partial charge in [-0.25, -0.2) is 0 Å². The SMILES string of the molecule is CC=CCOC(O)C(C)O. The van der Waals surface area contributed by atoms with Gasteiger partial charge in [0.1, 0.15) is 6.10 Å². The topological polar surface area (TPSA) is 49.7 Å². The van der Waals surface area contributed by atoms with Gasteiger partial charge in [-0.3, -0.25) is 0 Å². The largest absolute Gasteiger partial charge is 0.388 e. The van der Waals surface area contributed by atoms with Crippen LogP contribution in [0.4, 0.5) is 0 Å². The quantitative estimate of drug-likeness (QED) is 0.442. The zero-order chi connectivity index (χ0) is 7.98. The van der Waals surface area contributed by atoms with Gasteiger partial charge in [0.2, 0.25) is 0 Å². The monoisotopic (exact) mass is 146 g/mol. The number of hydrogen-bond acceptors (Lipinski definition) is 3. The van der Waals surface area contributed by atoms with E-state index in [1.54, 1.807) is 6.08 Å². The first-order valence-electron chi connectivity index (χ1n) is 3.27. The highest BCUT2D eigenvalue weighted by atomic mass is 16.6. The fourth-order valence-electron chi connectivity index (χ4n) is 0.390. The smallest absolute Gasteiger partial charge is 0.180 e. The highest BCUT2D eigenvalue weighted by molar-refractivity contribution is 4.76. The molecule has 0 aromatic rings. The van der Waals surface area contributed by atoms with E-state index >= 15 is 0 Å². The predicted molar refractivity (Wildman–Crippen MR) is 38.5 cm³/mol. The second-order valence-corrected chi connectivity index (χ2v) is 2.03. The van der Waals surface area contributed by atoms with Crippen LogP contribution in [0.1, 0.15) is 13.8 Å². The molecular weight excluding hydrogens is 132 g/mol. The molecule has 2 N–H and O–H groups in total. The summed E-state index contributed by atoms with van der Waals surface area (Å²) in [5.74, 6) is 0. The van der Waals surface area contributed by atoms with Crippen molar-refractivity contribution in [3.05, 3.63) is 12.2 Å². The van der Waals surface area contributed by atoms with Crippen molar-refractivity contribution in [3.8, 4) is 0 Å². The summed E-state index contributed by atoms with van der Waals surface area (Å²) in [6.45, 7) is 3.67. The van der Waals surface area contributed by atoms with Crippen LogP contribution in [0, 0.1) is 0 Å². The Morgan fingerprint density at radius 2 is 2.10 bits per heavy atom. The number of aliphatic hydroxyl groups excluding tert-OH is 2. The van der Waals surface area contributed by atoms with Crippen molar-refractivity contribution in [2.45, 2.75) is 26.2 Å². The van der Waals surface area contributed by atoms with Gasteiger partial charge in [-0.05, 0) is 13.8 Å². The standard InChI is InChI=1S/C7H14O3/c1-3-4-5-10-7(9)6(2)8/h3-4,6-9H,5H2,1-2H3. The van der Waals surface area contributed by atoms with Gasteiger partial charge in [-0.1, -0.05) is 12.2 Å². The number of rotatable bonds is 4. The molecule has 0 saturated carbocycles. The van der Waals surface area contributed by atoms with E-state index in [0.29, 0.717) is 6.61 Å². The number of aliphatic hydroxyl groups is 2. The third-order valence-electron chi connectivity index (χ3n) is 1.01. The minimum atomic E-state index is -1.07. The average Bonchev–Trinajstić information content (AvgIpc) is 1.88. The minimum absolute atomic E-state index is 0.336. The summed E-state index contributed by atoms with van der Waals surface area (Å²) in [6, 6.07) is 0. The summed E-state index contributed by atoms with van der Waals surface area (Å²) in [4.78, 5) is 0. The van der Waals surface area contributed by atoms with E-state index in [0.717, 1.165) is 0 Å². The Kier molecular flexibility index (Phi) is 5.20. The van der Waals surface area contributed by atoms with E-state index in [4.69, 9.17) is 14.9 Å². The van der Waals surface area contributed by atoms with Gasteiger partial charge >= 0.3 is 0 Å². The number of ether oxygens (including phenoxy) is 1. The molecule has 0 aliphatic heterocycles. The molecule has 2 unspecified atom stereocenters. The summed E-state index contributed by atoms with van der Waals surface area (Å²) in [7, 11) is 0. The maximum atomic E-state index is 8.85. The van der Waals surface area contributed by atoms with E-state index in [1.165, 1.54) is 6.92 Å². The predicted octanol–water partition coefficient (Wildman–Crippen LogP) is 0.278. The lowest BCUT2D eigenvalue weighted by Crippen LogP contribution is -2.25. The Balaban J connectivity index is 3.30. The molecule has 0 aliphatic rings. The Morgan fingerprint density at radius 3 is 2.50 bits per heavy atom. The second kappa shape index (κ2) is 5.41. The van der Waals surface area contributed by atoms with Crippen molar-refractivity contribution in [1.29, 1.82) is 0 Å². The average molecular weight is 146 g/mol. The van der Waals surface area contributed by atoms with Gasteiger partial charge in [-0.2, -0.15) is 0 Å². The van der Waals surface area contributed by atoms with Gasteiger partial charge in [0.25, 0.3) is 0 Å². The molecule has 3 nitrogen and oxygen atoms in total. The summed E-state index contributed by atoms with van der Waals surface area (Å²) in [5, 5.41) is 17.6. The summed E-state index contributed by atoms with van der Waals surface area (Å²) < 4.78 is 4.76. The van der Waals surface area contributed by atoms with Crippen LogP contribution in [0.15, 0.2) is 12.2 Å². The molecule has 10 heavy (non-hydrogen) atoms. The van der Waals surface area contributed by atoms with Gasteiger partial charge in [0, 0.05) is 0 Å². The Labute approximate surface area is 60.9 Å². The number of hydrogen-bond donors (Lipinski definition) is 2. The molecule has 0 fully saturated rings. The van der Waals surface area contributed by atoms with Crippen LogP contribution in [0.3, 0.4) is 0 Å². The zero-order valence-electron chi connectivity index (χ0n) is 6.32. The Bertz CT molecular complexity index is 99.0. The van der Waals surface area contributed by atoms with Gasteiger partial charge in [0.05, 0.1) is 6.61 Å². The van der Waals surface area contributed by atoms with Crippen molar-refractivity contribution in [3.63, 3.8) is 0 Å². The Hall–Kier alpha value is -0.380. The lowest BCUT2D eigenvalue weighted by Gasteiger charge is -2.12. The minimum Gasteiger partial charge on any atom is -0.388 e. The van der Waals surface area contributed by atoms with E-state index in [2.05, 4.69) is 0 Å². The highest BCUT2D eigenvalue weighted by Gasteiger charge is 2.08. The van der Waals surface area contributed by atoms with Crippen LogP contribution in [-0.4, -0.2) is 29.2 Å². The lowest BCUT2D eigenvalue weighted by molar-refractivity contribution is -0.148. The second-order valence-electron chi connectivity index (χ2n) is 2.03. The first-order chi connectivity index (χ1) is 4.68. The van der Waals surface area contributed by atoms with Crippen LogP contribution in [0.2, 0.25) is 0 Å². The first-order valence-corrected chi connectivity index (χ1v) is 3.27. The third kappa shape index (κ3) is 4.49. The first kappa shape index (κ1) is 9.62. The Morgan fingerprint density at radius 1 is 1.50 bits per heavy atom. The zero-order valence-corrected chi connectivity index (χ0v) is 6.32. The lowest BCUT2D eigenvalue weighted by atomic mass is 10.4. The molecule has 60 valence electrons. The van der Waals surface area contributed by atoms with E-state index < -0.39 is 12.4 Å². The normalized spacial score (nSPS) is 17.6. The molecule has 0 spiro atoms. The molecule has 0 aliphatic carbocycles. The molecule has 0 amide bonds. The molecular formula is C7H14O3. The van der Waals surface area contributed by atoms with Gasteiger partial charge in [-0.15, -0.1) is 0 Å². The van der Waals surface area contributed by atoms with Crippen molar-refractivity contribution in [2.24, 2.45) is 0 Å². The fourth-order valence-corrected chi connectivity index (χ4v) is 0.390. The maximum absolute atomic E-state index is 8.85. The van der Waals surface area contributed by atoms with Crippen molar-refractivity contribution >= 4 is 0 Å². The van der Waals surface area contributed by atoms with Crippen LogP contribution in [0.5, 0.6) is 0 Å². The van der Waals surface area contributed by atoms with Crippen LogP contribution in [0.25, 0.3) is 0 Å². The summed E-state index contributed by atoms with van der Waals surface area (Å²) in [5.41, 5.74) is 0. The van der Waals surface area contributed by atoms with E-state index in [9.17, 15) is 0 Å². The molecule has 0 heterocycles. The number of allylic oxidation sites excluding steroid dienone is 1. The summed E-state index contributed by atoms with van der Waals surface area (Å²) in [6.07, 6.45) is 1.67. The maximum Gasteiger partial charge on any atom is 0.180 e. The molecule has 3 heteroatoms. The third-order valence-corrected chi connectivity index (χ3v) is 1.01. The molecule has 0 saturated heterocycles. The molecule has 0 bridgehead atoms. The van der Waals surface area contributed by atoms with Gasteiger partial charge in [0.15, 0.2) is 6.29 Å². The molecule has 0 aromatic heterocycles. The van der Waals surface area contributed by atoms with Crippen molar-refractivity contribution in [1.82, 2.24) is 0 Å². The van der Waals surface area contributed by atoms with E-state index in [-0.39, 0.29) is 0 Å². The van der Waals surface area contributed by atoms with Crippen molar-refractivity contribution in [2.75, 3.05) is 6.61 Å².